The van der Waals surface area contributed by atoms with E-state index in [1.165, 1.54) is 29.5 Å². The molecule has 0 aliphatic carbocycles. The van der Waals surface area contributed by atoms with Gasteiger partial charge in [-0.3, -0.25) is 0 Å². The molecule has 0 bridgehead atoms. The number of para-hydroxylation sites is 1. The molecule has 0 unspecified atom stereocenters. The topological polar surface area (TPSA) is 12.9 Å². The summed E-state index contributed by atoms with van der Waals surface area (Å²) in [7, 11) is 0. The van der Waals surface area contributed by atoms with E-state index in [9.17, 15) is 13.2 Å². The molecule has 1 heterocycles. The van der Waals surface area contributed by atoms with Gasteiger partial charge in [0.25, 0.3) is 0 Å². The van der Waals surface area contributed by atoms with Crippen molar-refractivity contribution in [1.29, 1.82) is 0 Å². The maximum Gasteiger partial charge on any atom is 0.416 e. The Kier molecular flexibility index (Phi) is 3.51. The highest BCUT2D eigenvalue weighted by atomic mass is 32.1. The van der Waals surface area contributed by atoms with Gasteiger partial charge in [-0.25, -0.2) is 4.98 Å². The van der Waals surface area contributed by atoms with E-state index in [1.54, 1.807) is 12.1 Å². The van der Waals surface area contributed by atoms with Gasteiger partial charge < -0.3 is 0 Å². The average Bonchev–Trinajstić information content (AvgIpc) is 2.87. The Morgan fingerprint density at radius 1 is 0.905 bits per heavy atom. The maximum absolute atomic E-state index is 12.9. The summed E-state index contributed by atoms with van der Waals surface area (Å²) in [5.74, 6) is 0. The fourth-order valence-electron chi connectivity index (χ4n) is 2.02. The Labute approximate surface area is 123 Å². The molecule has 0 fully saturated rings. The van der Waals surface area contributed by atoms with Gasteiger partial charge in [0.2, 0.25) is 0 Å². The average molecular weight is 305 g/mol. The van der Waals surface area contributed by atoms with E-state index in [-0.39, 0.29) is 5.56 Å². The van der Waals surface area contributed by atoms with Crippen molar-refractivity contribution in [1.82, 2.24) is 4.98 Å². The lowest BCUT2D eigenvalue weighted by Crippen LogP contribution is -2.06. The van der Waals surface area contributed by atoms with Crippen LogP contribution < -0.4 is 0 Å². The molecular formula is C16H10F3NS. The Hall–Kier alpha value is -2.14. The third-order valence-corrected chi connectivity index (χ3v) is 3.98. The molecule has 21 heavy (non-hydrogen) atoms. The minimum atomic E-state index is -4.35. The van der Waals surface area contributed by atoms with E-state index in [2.05, 4.69) is 4.98 Å². The second-order valence-corrected chi connectivity index (χ2v) is 5.50. The fraction of sp³-hybridized carbons (Fsp3) is 0.0625. The van der Waals surface area contributed by atoms with Crippen LogP contribution in [0.4, 0.5) is 13.2 Å². The number of rotatable bonds is 2. The third-order valence-electron chi connectivity index (χ3n) is 2.98. The lowest BCUT2D eigenvalue weighted by atomic mass is 10.1. The van der Waals surface area contributed by atoms with Gasteiger partial charge in [0.1, 0.15) is 5.01 Å². The van der Waals surface area contributed by atoms with Gasteiger partial charge in [0.15, 0.2) is 0 Å². The molecule has 0 saturated carbocycles. The highest BCUT2D eigenvalue weighted by molar-refractivity contribution is 7.19. The molecule has 0 aliphatic heterocycles. The predicted octanol–water partition coefficient (Wildman–Crippen LogP) is 5.49. The Morgan fingerprint density at radius 3 is 2.38 bits per heavy atom. The van der Waals surface area contributed by atoms with Gasteiger partial charge in [-0.2, -0.15) is 13.2 Å². The van der Waals surface area contributed by atoms with Gasteiger partial charge in [-0.05, 0) is 29.8 Å². The molecule has 0 spiro atoms. The van der Waals surface area contributed by atoms with Crippen LogP contribution in [0.2, 0.25) is 0 Å². The first-order valence-electron chi connectivity index (χ1n) is 6.24. The van der Waals surface area contributed by atoms with E-state index in [0.717, 1.165) is 16.3 Å². The summed E-state index contributed by atoms with van der Waals surface area (Å²) < 4.78 is 39.7. The van der Waals surface area contributed by atoms with Crippen molar-refractivity contribution in [3.63, 3.8) is 0 Å². The monoisotopic (exact) mass is 305 g/mol. The molecular weight excluding hydrogens is 295 g/mol. The van der Waals surface area contributed by atoms with Crippen LogP contribution in [0.1, 0.15) is 16.1 Å². The van der Waals surface area contributed by atoms with Crippen molar-refractivity contribution in [3.05, 3.63) is 64.7 Å². The highest BCUT2D eigenvalue weighted by Crippen LogP contribution is 2.33. The maximum atomic E-state index is 12.9. The first-order valence-corrected chi connectivity index (χ1v) is 7.05. The molecule has 2 aromatic carbocycles. The molecule has 3 aromatic rings. The summed E-state index contributed by atoms with van der Waals surface area (Å²) in [6.07, 6.45) is -1.27. The number of hydrogen-bond donors (Lipinski definition) is 0. The number of fused-ring (bicyclic) bond motifs is 1. The van der Waals surface area contributed by atoms with Crippen molar-refractivity contribution in [2.45, 2.75) is 6.18 Å². The van der Waals surface area contributed by atoms with Crippen LogP contribution in [0.25, 0.3) is 22.4 Å². The number of alkyl halides is 3. The van der Waals surface area contributed by atoms with E-state index in [1.807, 2.05) is 24.3 Å². The molecule has 5 heteroatoms. The molecule has 1 aromatic heterocycles. The number of benzene rings is 2. The first kappa shape index (κ1) is 13.8. The van der Waals surface area contributed by atoms with Gasteiger partial charge in [0, 0.05) is 0 Å². The molecule has 0 aliphatic rings. The van der Waals surface area contributed by atoms with Crippen molar-refractivity contribution in [2.24, 2.45) is 0 Å². The summed E-state index contributed by atoms with van der Waals surface area (Å²) in [5, 5.41) is 0.688. The normalized spacial score (nSPS) is 12.3. The van der Waals surface area contributed by atoms with Gasteiger partial charge in [0.05, 0.1) is 15.8 Å². The second kappa shape index (κ2) is 5.33. The van der Waals surface area contributed by atoms with Crippen LogP contribution in [0.3, 0.4) is 0 Å². The van der Waals surface area contributed by atoms with Gasteiger partial charge >= 0.3 is 6.18 Å². The number of aromatic nitrogens is 1. The van der Waals surface area contributed by atoms with Crippen molar-refractivity contribution < 1.29 is 13.2 Å². The molecule has 0 saturated heterocycles. The molecule has 106 valence electrons. The van der Waals surface area contributed by atoms with Crippen LogP contribution >= 0.6 is 11.3 Å². The molecule has 0 amide bonds. The Morgan fingerprint density at radius 2 is 1.62 bits per heavy atom. The lowest BCUT2D eigenvalue weighted by Gasteiger charge is -2.09. The van der Waals surface area contributed by atoms with E-state index in [0.29, 0.717) is 5.01 Å². The molecule has 1 nitrogen and oxygen atoms in total. The summed E-state index contributed by atoms with van der Waals surface area (Å²) in [5.41, 5.74) is 0.359. The van der Waals surface area contributed by atoms with Crippen molar-refractivity contribution in [2.75, 3.05) is 0 Å². The second-order valence-electron chi connectivity index (χ2n) is 4.44. The molecule has 0 atom stereocenters. The van der Waals surface area contributed by atoms with E-state index in [4.69, 9.17) is 0 Å². The molecule has 0 N–H and O–H groups in total. The highest BCUT2D eigenvalue weighted by Gasteiger charge is 2.32. The quantitative estimate of drug-likeness (QED) is 0.610. The summed E-state index contributed by atoms with van der Waals surface area (Å²) in [6, 6.07) is 13.1. The number of halogens is 3. The summed E-state index contributed by atoms with van der Waals surface area (Å²) in [4.78, 5) is 4.37. The van der Waals surface area contributed by atoms with Crippen LogP contribution in [0.5, 0.6) is 0 Å². The minimum absolute atomic E-state index is 0.143. The lowest BCUT2D eigenvalue weighted by molar-refractivity contribution is -0.137. The standard InChI is InChI=1S/C16H10F3NS/c17-16(18,19)12-6-2-1-5-11(12)9-10-15-20-13-7-3-4-8-14(13)21-15/h1-10H. The van der Waals surface area contributed by atoms with Crippen LogP contribution in [-0.2, 0) is 6.18 Å². The van der Waals surface area contributed by atoms with Crippen molar-refractivity contribution >= 4 is 33.7 Å². The Balaban J connectivity index is 1.96. The largest absolute Gasteiger partial charge is 0.416 e. The summed E-state index contributed by atoms with van der Waals surface area (Å²) in [6.45, 7) is 0. The number of nitrogens with zero attached hydrogens (tertiary/aromatic N) is 1. The summed E-state index contributed by atoms with van der Waals surface area (Å²) >= 11 is 1.45. The Bertz CT molecular complexity index is 769. The smallest absolute Gasteiger partial charge is 0.237 e. The van der Waals surface area contributed by atoms with Gasteiger partial charge in [-0.15, -0.1) is 11.3 Å². The zero-order valence-electron chi connectivity index (χ0n) is 10.8. The molecule has 0 radical (unpaired) electrons. The zero-order chi connectivity index (χ0) is 14.9. The van der Waals surface area contributed by atoms with E-state index < -0.39 is 11.7 Å². The zero-order valence-corrected chi connectivity index (χ0v) is 11.6. The minimum Gasteiger partial charge on any atom is -0.237 e. The number of thiazole rings is 1. The van der Waals surface area contributed by atoms with E-state index >= 15 is 0 Å². The molecule has 3 rings (SSSR count). The van der Waals surface area contributed by atoms with Crippen LogP contribution in [0.15, 0.2) is 48.5 Å². The van der Waals surface area contributed by atoms with Crippen LogP contribution in [0, 0.1) is 0 Å². The van der Waals surface area contributed by atoms with Gasteiger partial charge in [-0.1, -0.05) is 36.4 Å². The third kappa shape index (κ3) is 2.97. The SMILES string of the molecule is FC(F)(F)c1ccccc1C=Cc1nc2ccccc2s1. The predicted molar refractivity (Wildman–Crippen MR) is 80.0 cm³/mol. The fourth-order valence-corrected chi connectivity index (χ4v) is 2.89. The van der Waals surface area contributed by atoms with Crippen molar-refractivity contribution in [3.8, 4) is 0 Å². The van der Waals surface area contributed by atoms with Crippen LogP contribution in [-0.4, -0.2) is 4.98 Å². The first-order chi connectivity index (χ1) is 10.0. The number of hydrogen-bond acceptors (Lipinski definition) is 2.